The van der Waals surface area contributed by atoms with Crippen molar-refractivity contribution in [1.29, 1.82) is 0 Å². The highest BCUT2D eigenvalue weighted by molar-refractivity contribution is 6.12. The Hall–Kier alpha value is -6.13. The van der Waals surface area contributed by atoms with E-state index in [-0.39, 0.29) is 0 Å². The average molecular weight is 645 g/mol. The third-order valence-electron chi connectivity index (χ3n) is 10.4. The maximum absolute atomic E-state index is 5.24. The second-order valence-corrected chi connectivity index (χ2v) is 13.9. The predicted molar refractivity (Wildman–Crippen MR) is 209 cm³/mol. The van der Waals surface area contributed by atoms with Crippen LogP contribution in [0.3, 0.4) is 0 Å². The van der Waals surface area contributed by atoms with Crippen molar-refractivity contribution in [3.05, 3.63) is 162 Å². The van der Waals surface area contributed by atoms with Gasteiger partial charge in [-0.05, 0) is 112 Å². The molecular formula is C46H36N4. The van der Waals surface area contributed by atoms with E-state index in [9.17, 15) is 0 Å². The van der Waals surface area contributed by atoms with E-state index in [1.807, 2.05) is 0 Å². The normalized spacial score (nSPS) is 12.9. The van der Waals surface area contributed by atoms with Crippen molar-refractivity contribution in [3.8, 4) is 28.5 Å². The molecule has 1 aliphatic rings. The first-order valence-corrected chi connectivity index (χ1v) is 17.5. The van der Waals surface area contributed by atoms with Crippen LogP contribution in [-0.2, 0) is 6.42 Å². The summed E-state index contributed by atoms with van der Waals surface area (Å²) in [5.74, 6) is 0.975. The molecule has 0 amide bonds. The SMILES string of the molecule is Cc1ccc2c(c1)c1cc(C)ccc1n2-c1ccc2c3cc(C)ccc3n(-c3cccc(-c4nc5c(n4-c4ccccc4)CCC=C5)c3)c2c1. The second-order valence-electron chi connectivity index (χ2n) is 13.9. The fourth-order valence-electron chi connectivity index (χ4n) is 8.16. The number of imidazole rings is 1. The Bertz CT molecular complexity index is 2780. The summed E-state index contributed by atoms with van der Waals surface area (Å²) in [6.07, 6.45) is 6.42. The first-order valence-electron chi connectivity index (χ1n) is 17.5. The van der Waals surface area contributed by atoms with Gasteiger partial charge in [-0.1, -0.05) is 77.4 Å². The van der Waals surface area contributed by atoms with Gasteiger partial charge in [0.15, 0.2) is 0 Å². The number of hydrogen-bond acceptors (Lipinski definition) is 1. The zero-order chi connectivity index (χ0) is 33.5. The molecule has 0 saturated heterocycles. The summed E-state index contributed by atoms with van der Waals surface area (Å²) in [7, 11) is 0. The minimum Gasteiger partial charge on any atom is -0.309 e. The van der Waals surface area contributed by atoms with E-state index in [0.717, 1.165) is 47.0 Å². The van der Waals surface area contributed by atoms with E-state index in [4.69, 9.17) is 4.98 Å². The van der Waals surface area contributed by atoms with Crippen LogP contribution in [0.2, 0.25) is 0 Å². The van der Waals surface area contributed by atoms with Crippen LogP contribution in [0, 0.1) is 20.8 Å². The molecule has 0 bridgehead atoms. The van der Waals surface area contributed by atoms with Crippen LogP contribution in [0.25, 0.3) is 78.1 Å². The molecule has 1 aliphatic carbocycles. The van der Waals surface area contributed by atoms with Gasteiger partial charge < -0.3 is 9.13 Å². The Morgan fingerprint density at radius 2 is 1.08 bits per heavy atom. The van der Waals surface area contributed by atoms with Crippen LogP contribution in [0.1, 0.15) is 34.5 Å². The van der Waals surface area contributed by atoms with Gasteiger partial charge in [0.05, 0.1) is 33.5 Å². The molecule has 0 N–H and O–H groups in total. The number of nitrogens with zero attached hydrogens (tertiary/aromatic N) is 4. The Morgan fingerprint density at radius 3 is 1.76 bits per heavy atom. The molecule has 0 atom stereocenters. The zero-order valence-corrected chi connectivity index (χ0v) is 28.5. The fourth-order valence-corrected chi connectivity index (χ4v) is 8.16. The molecule has 4 heteroatoms. The Kier molecular flexibility index (Phi) is 6.31. The molecule has 0 spiro atoms. The van der Waals surface area contributed by atoms with Crippen molar-refractivity contribution in [2.45, 2.75) is 33.6 Å². The third kappa shape index (κ3) is 4.35. The average Bonchev–Trinajstić information content (AvgIpc) is 3.79. The number of hydrogen-bond donors (Lipinski definition) is 0. The maximum Gasteiger partial charge on any atom is 0.145 e. The lowest BCUT2D eigenvalue weighted by Gasteiger charge is -2.15. The molecule has 0 unspecified atom stereocenters. The number of benzene rings is 6. The van der Waals surface area contributed by atoms with Gasteiger partial charge in [-0.3, -0.25) is 4.57 Å². The highest BCUT2D eigenvalue weighted by Gasteiger charge is 2.22. The van der Waals surface area contributed by atoms with E-state index in [0.29, 0.717) is 0 Å². The lowest BCUT2D eigenvalue weighted by molar-refractivity contribution is 0.878. The van der Waals surface area contributed by atoms with Gasteiger partial charge in [0.2, 0.25) is 0 Å². The van der Waals surface area contributed by atoms with E-state index >= 15 is 0 Å². The second kappa shape index (κ2) is 10.9. The Balaban J connectivity index is 1.22. The van der Waals surface area contributed by atoms with Gasteiger partial charge in [-0.2, -0.15) is 0 Å². The van der Waals surface area contributed by atoms with Gasteiger partial charge in [0.1, 0.15) is 5.82 Å². The topological polar surface area (TPSA) is 27.7 Å². The first-order chi connectivity index (χ1) is 24.5. The molecule has 10 rings (SSSR count). The van der Waals surface area contributed by atoms with Crippen molar-refractivity contribution in [2.24, 2.45) is 0 Å². The number of para-hydroxylation sites is 1. The maximum atomic E-state index is 5.24. The summed E-state index contributed by atoms with van der Waals surface area (Å²) in [6.45, 7) is 6.54. The van der Waals surface area contributed by atoms with Crippen molar-refractivity contribution >= 4 is 49.7 Å². The summed E-state index contributed by atoms with van der Waals surface area (Å²) in [4.78, 5) is 5.24. The monoisotopic (exact) mass is 644 g/mol. The largest absolute Gasteiger partial charge is 0.309 e. The van der Waals surface area contributed by atoms with Crippen LogP contribution >= 0.6 is 0 Å². The predicted octanol–water partition coefficient (Wildman–Crippen LogP) is 11.6. The number of aryl methyl sites for hydroxylation is 3. The molecule has 50 heavy (non-hydrogen) atoms. The van der Waals surface area contributed by atoms with Crippen molar-refractivity contribution in [3.63, 3.8) is 0 Å². The summed E-state index contributed by atoms with van der Waals surface area (Å²) < 4.78 is 7.23. The lowest BCUT2D eigenvalue weighted by Crippen LogP contribution is -2.04. The van der Waals surface area contributed by atoms with Gasteiger partial charge in [-0.15, -0.1) is 0 Å². The molecule has 0 radical (unpaired) electrons. The van der Waals surface area contributed by atoms with E-state index in [2.05, 4.69) is 174 Å². The highest BCUT2D eigenvalue weighted by atomic mass is 15.1. The molecule has 0 saturated carbocycles. The van der Waals surface area contributed by atoms with Gasteiger partial charge in [0, 0.05) is 44.2 Å². The quantitative estimate of drug-likeness (QED) is 0.187. The molecule has 0 fully saturated rings. The molecule has 9 aromatic rings. The standard InChI is InChI=1S/C46H36N4/c1-29-16-21-41-37(24-29)36-20-19-35(48-42-22-17-30(2)25-38(42)39-26-31(3)18-23-43(39)48)28-45(36)49(41)34-13-9-10-32(27-34)46-47-40-14-7-8-15-44(40)50(46)33-11-5-4-6-12-33/h4-7,9-14,16-28H,8,15H2,1-3H3. The molecule has 240 valence electrons. The number of rotatable bonds is 4. The van der Waals surface area contributed by atoms with Crippen molar-refractivity contribution in [2.75, 3.05) is 0 Å². The van der Waals surface area contributed by atoms with Gasteiger partial charge in [-0.25, -0.2) is 4.98 Å². The smallest absolute Gasteiger partial charge is 0.145 e. The fraction of sp³-hybridized carbons (Fsp3) is 0.109. The van der Waals surface area contributed by atoms with Gasteiger partial charge >= 0.3 is 0 Å². The van der Waals surface area contributed by atoms with Gasteiger partial charge in [0.25, 0.3) is 0 Å². The zero-order valence-electron chi connectivity index (χ0n) is 28.5. The van der Waals surface area contributed by atoms with Crippen LogP contribution in [-0.4, -0.2) is 18.7 Å². The number of fused-ring (bicyclic) bond motifs is 7. The minimum absolute atomic E-state index is 0.975. The van der Waals surface area contributed by atoms with Crippen LogP contribution in [0.4, 0.5) is 0 Å². The number of aromatic nitrogens is 4. The lowest BCUT2D eigenvalue weighted by atomic mass is 10.1. The first kappa shape index (κ1) is 28.8. The molecule has 4 nitrogen and oxygen atoms in total. The van der Waals surface area contributed by atoms with Crippen molar-refractivity contribution < 1.29 is 0 Å². The van der Waals surface area contributed by atoms with Crippen LogP contribution < -0.4 is 0 Å². The van der Waals surface area contributed by atoms with Crippen LogP contribution in [0.15, 0.2) is 133 Å². The highest BCUT2D eigenvalue weighted by Crippen LogP contribution is 2.39. The van der Waals surface area contributed by atoms with E-state index < -0.39 is 0 Å². The summed E-state index contributed by atoms with van der Waals surface area (Å²) >= 11 is 0. The van der Waals surface area contributed by atoms with Crippen molar-refractivity contribution in [1.82, 2.24) is 18.7 Å². The summed E-state index contributed by atoms with van der Waals surface area (Å²) in [6, 6.07) is 47.0. The van der Waals surface area contributed by atoms with E-state index in [1.54, 1.807) is 0 Å². The third-order valence-corrected chi connectivity index (χ3v) is 10.4. The molecule has 3 heterocycles. The summed E-state index contributed by atoms with van der Waals surface area (Å²) in [5.41, 5.74) is 15.5. The van der Waals surface area contributed by atoms with E-state index in [1.165, 1.54) is 66.0 Å². The molecule has 0 aliphatic heterocycles. The molecular weight excluding hydrogens is 609 g/mol. The summed E-state index contributed by atoms with van der Waals surface area (Å²) in [5, 5.41) is 5.09. The minimum atomic E-state index is 0.975. The molecule has 3 aromatic heterocycles. The Morgan fingerprint density at radius 1 is 0.480 bits per heavy atom. The number of allylic oxidation sites excluding steroid dienone is 1. The Labute approximate surface area is 291 Å². The van der Waals surface area contributed by atoms with Crippen LogP contribution in [0.5, 0.6) is 0 Å². The molecule has 6 aromatic carbocycles.